The highest BCUT2D eigenvalue weighted by Crippen LogP contribution is 2.34. The van der Waals surface area contributed by atoms with E-state index in [1.54, 1.807) is 32.1 Å². The van der Waals surface area contributed by atoms with Crippen LogP contribution in [-0.2, 0) is 23.9 Å². The molecule has 0 fully saturated rings. The summed E-state index contributed by atoms with van der Waals surface area (Å²) in [5.41, 5.74) is 7.16. The first-order valence-corrected chi connectivity index (χ1v) is 16.2. The lowest BCUT2D eigenvalue weighted by atomic mass is 9.73. The maximum absolute atomic E-state index is 13.8. The summed E-state index contributed by atoms with van der Waals surface area (Å²) in [5.74, 6) is -1.86. The second-order valence-electron chi connectivity index (χ2n) is 12.5. The second kappa shape index (κ2) is 17.1. The van der Waals surface area contributed by atoms with Gasteiger partial charge in [-0.1, -0.05) is 45.8 Å². The van der Waals surface area contributed by atoms with Gasteiger partial charge in [-0.15, -0.1) is 11.3 Å². The van der Waals surface area contributed by atoms with Gasteiger partial charge in [-0.3, -0.25) is 14.4 Å². The van der Waals surface area contributed by atoms with Crippen LogP contribution in [0.15, 0.2) is 22.6 Å². The van der Waals surface area contributed by atoms with Crippen LogP contribution in [0.5, 0.6) is 0 Å². The third-order valence-electron chi connectivity index (χ3n) is 8.35. The zero-order chi connectivity index (χ0) is 31.4. The van der Waals surface area contributed by atoms with Crippen LogP contribution in [0.4, 0.5) is 0 Å². The van der Waals surface area contributed by atoms with Crippen LogP contribution in [0, 0.1) is 24.2 Å². The lowest BCUT2D eigenvalue weighted by Crippen LogP contribution is -2.46. The molecule has 8 nitrogen and oxygen atoms in total. The van der Waals surface area contributed by atoms with Gasteiger partial charge in [0.15, 0.2) is 0 Å². The Labute approximate surface area is 256 Å². The predicted molar refractivity (Wildman–Crippen MR) is 168 cm³/mol. The molecule has 1 aliphatic rings. The fourth-order valence-corrected chi connectivity index (χ4v) is 5.98. The van der Waals surface area contributed by atoms with E-state index in [-0.39, 0.29) is 30.5 Å². The number of rotatable bonds is 8. The Hall–Kier alpha value is -2.36. The number of ether oxygens (including phenoxy) is 2. The van der Waals surface area contributed by atoms with Gasteiger partial charge in [-0.05, 0) is 77.0 Å². The number of carbonyl (C=O) groups is 3. The van der Waals surface area contributed by atoms with Crippen molar-refractivity contribution in [1.29, 1.82) is 0 Å². The molecule has 0 aliphatic carbocycles. The molecule has 3 N–H and O–H groups in total. The van der Waals surface area contributed by atoms with Gasteiger partial charge in [-0.25, -0.2) is 4.98 Å². The minimum Gasteiger partial charge on any atom is -0.461 e. The van der Waals surface area contributed by atoms with E-state index in [1.807, 2.05) is 32.2 Å². The first-order chi connectivity index (χ1) is 19.8. The Morgan fingerprint density at radius 3 is 2.60 bits per heavy atom. The van der Waals surface area contributed by atoms with Gasteiger partial charge in [0.1, 0.15) is 18.0 Å². The topological polar surface area (TPSA) is 129 Å². The largest absolute Gasteiger partial charge is 0.461 e. The van der Waals surface area contributed by atoms with Crippen molar-refractivity contribution in [2.24, 2.45) is 23.0 Å². The maximum atomic E-state index is 13.8. The Morgan fingerprint density at radius 1 is 1.24 bits per heavy atom. The smallest absolute Gasteiger partial charge is 0.309 e. The summed E-state index contributed by atoms with van der Waals surface area (Å²) < 4.78 is 11.8. The normalized spacial score (nSPS) is 28.1. The van der Waals surface area contributed by atoms with Crippen LogP contribution in [-0.4, -0.2) is 52.7 Å². The predicted octanol–water partition coefficient (Wildman–Crippen LogP) is 6.34. The summed E-state index contributed by atoms with van der Waals surface area (Å²) >= 11 is 1.56. The number of aliphatic hydroxyl groups is 1. The SMILES string of the molecule is C/C1=C/C[C@@H](/C(C)=C/c2csc(C)n2)OC(=O)C[C@H](O)C(C)(C)C(=O)[C@H](C)[C@@H](OC(=O)CCCCCN)[C@@H](C)CCC1. The molecule has 42 heavy (non-hydrogen) atoms. The van der Waals surface area contributed by atoms with E-state index in [0.29, 0.717) is 19.4 Å². The number of esters is 2. The van der Waals surface area contributed by atoms with Gasteiger partial charge in [0.05, 0.1) is 34.6 Å². The summed E-state index contributed by atoms with van der Waals surface area (Å²) in [4.78, 5) is 44.2. The van der Waals surface area contributed by atoms with Crippen LogP contribution in [0.25, 0.3) is 6.08 Å². The number of allylic oxidation sites excluding steroid dienone is 1. The van der Waals surface area contributed by atoms with Gasteiger partial charge in [0.2, 0.25) is 0 Å². The first kappa shape index (κ1) is 35.8. The third-order valence-corrected chi connectivity index (χ3v) is 9.14. The lowest BCUT2D eigenvalue weighted by Gasteiger charge is -2.36. The third kappa shape index (κ3) is 11.0. The molecule has 0 saturated heterocycles. The number of cyclic esters (lactones) is 1. The first-order valence-electron chi connectivity index (χ1n) is 15.3. The number of thiazole rings is 1. The maximum Gasteiger partial charge on any atom is 0.309 e. The van der Waals surface area contributed by atoms with Crippen molar-refractivity contribution in [3.8, 4) is 0 Å². The number of hydrogen-bond donors (Lipinski definition) is 2. The van der Waals surface area contributed by atoms with Gasteiger partial charge in [0.25, 0.3) is 0 Å². The van der Waals surface area contributed by atoms with E-state index in [9.17, 15) is 19.5 Å². The minimum atomic E-state index is -1.26. The fourth-order valence-electron chi connectivity index (χ4n) is 5.41. The molecular weight excluding hydrogens is 552 g/mol. The van der Waals surface area contributed by atoms with E-state index in [4.69, 9.17) is 15.2 Å². The Bertz CT molecular complexity index is 1110. The standard InChI is InChI=1S/C33H52N2O6S/c1-21-12-11-13-22(2)31(41-29(37)14-9-8-10-17-34)24(4)32(39)33(6,7)28(36)19-30(38)40-27(16-15-21)23(3)18-26-20-42-25(5)35-26/h15,18,20,22,24,27-28,31,36H,8-14,16-17,19,34H2,1-7H3/b21-15-,23-18+/t22-,24+,27-,28-,31-/m0/s1. The number of aryl methyl sites for hydroxylation is 1. The summed E-state index contributed by atoms with van der Waals surface area (Å²) in [6, 6.07) is 0. The number of ketones is 1. The van der Waals surface area contributed by atoms with Gasteiger partial charge >= 0.3 is 11.9 Å². The van der Waals surface area contributed by atoms with E-state index in [0.717, 1.165) is 48.4 Å². The van der Waals surface area contributed by atoms with Gasteiger partial charge < -0.3 is 20.3 Å². The van der Waals surface area contributed by atoms with E-state index in [2.05, 4.69) is 18.0 Å². The number of Topliss-reactive ketones (excluding diaryl/α,β-unsaturated/α-hetero) is 1. The van der Waals surface area contributed by atoms with Crippen LogP contribution < -0.4 is 5.73 Å². The zero-order valence-corrected chi connectivity index (χ0v) is 27.4. The van der Waals surface area contributed by atoms with Crippen LogP contribution in [0.3, 0.4) is 0 Å². The molecule has 1 aromatic rings. The molecule has 0 unspecified atom stereocenters. The number of hydrogen-bond acceptors (Lipinski definition) is 9. The molecule has 0 amide bonds. The molecule has 236 valence electrons. The summed E-state index contributed by atoms with van der Waals surface area (Å²) in [5, 5.41) is 14.1. The van der Waals surface area contributed by atoms with Crippen molar-refractivity contribution in [3.05, 3.63) is 33.3 Å². The quantitative estimate of drug-likeness (QED) is 0.200. The van der Waals surface area contributed by atoms with Crippen LogP contribution in [0.1, 0.15) is 110 Å². The van der Waals surface area contributed by atoms with Crippen molar-refractivity contribution in [2.75, 3.05) is 6.54 Å². The van der Waals surface area contributed by atoms with Crippen molar-refractivity contribution < 1.29 is 29.0 Å². The molecule has 1 aromatic heterocycles. The van der Waals surface area contributed by atoms with Gasteiger partial charge in [-0.2, -0.15) is 0 Å². The number of unbranched alkanes of at least 4 members (excludes halogenated alkanes) is 2. The molecule has 2 heterocycles. The Morgan fingerprint density at radius 2 is 1.95 bits per heavy atom. The highest BCUT2D eigenvalue weighted by atomic mass is 32.1. The average Bonchev–Trinajstić information content (AvgIpc) is 3.34. The second-order valence-corrected chi connectivity index (χ2v) is 13.5. The molecule has 5 atom stereocenters. The van der Waals surface area contributed by atoms with Crippen molar-refractivity contribution >= 4 is 35.1 Å². The van der Waals surface area contributed by atoms with Crippen molar-refractivity contribution in [2.45, 2.75) is 125 Å². The van der Waals surface area contributed by atoms with E-state index in [1.165, 1.54) is 5.57 Å². The lowest BCUT2D eigenvalue weighted by molar-refractivity contribution is -0.160. The van der Waals surface area contributed by atoms with E-state index >= 15 is 0 Å². The molecule has 0 aromatic carbocycles. The molecule has 9 heteroatoms. The Balaban J connectivity index is 2.31. The molecule has 0 radical (unpaired) electrons. The number of nitrogens with zero attached hydrogens (tertiary/aromatic N) is 1. The number of nitrogens with two attached hydrogens (primary N) is 1. The highest BCUT2D eigenvalue weighted by molar-refractivity contribution is 7.09. The summed E-state index contributed by atoms with van der Waals surface area (Å²) in [6.07, 6.45) is 6.94. The van der Waals surface area contributed by atoms with E-state index < -0.39 is 35.6 Å². The monoisotopic (exact) mass is 604 g/mol. The zero-order valence-electron chi connectivity index (χ0n) is 26.6. The van der Waals surface area contributed by atoms with Gasteiger partial charge in [0, 0.05) is 18.2 Å². The minimum absolute atomic E-state index is 0.0601. The average molecular weight is 605 g/mol. The number of aliphatic hydroxyl groups excluding tert-OH is 1. The highest BCUT2D eigenvalue weighted by Gasteiger charge is 2.44. The van der Waals surface area contributed by atoms with Crippen molar-refractivity contribution in [1.82, 2.24) is 4.98 Å². The molecule has 1 aliphatic heterocycles. The molecule has 0 bridgehead atoms. The van der Waals surface area contributed by atoms with Crippen LogP contribution in [0.2, 0.25) is 0 Å². The molecule has 2 rings (SSSR count). The summed E-state index contributed by atoms with van der Waals surface area (Å²) in [7, 11) is 0. The molecular formula is C33H52N2O6S. The molecule has 0 spiro atoms. The van der Waals surface area contributed by atoms with Crippen molar-refractivity contribution in [3.63, 3.8) is 0 Å². The molecule has 0 saturated carbocycles. The van der Waals surface area contributed by atoms with Crippen LogP contribution >= 0.6 is 11.3 Å². The fraction of sp³-hybridized carbons (Fsp3) is 0.697. The summed E-state index contributed by atoms with van der Waals surface area (Å²) in [6.45, 7) is 13.6. The Kier molecular flexibility index (Phi) is 14.6. The number of carbonyl (C=O) groups excluding carboxylic acids is 3. The number of aromatic nitrogens is 1.